The molecular formula is C11H10O5. The molecule has 0 aliphatic heterocycles. The monoisotopic (exact) mass is 222 g/mol. The van der Waals surface area contributed by atoms with Crippen molar-refractivity contribution in [3.8, 4) is 5.75 Å². The highest BCUT2D eigenvalue weighted by Gasteiger charge is 2.12. The number of benzene rings is 1. The minimum absolute atomic E-state index is 0.268. The molecule has 1 rings (SSSR count). The number of rotatable bonds is 4. The molecule has 0 aliphatic rings. The Bertz CT molecular complexity index is 430. The first-order chi connectivity index (χ1) is 7.54. The molecule has 16 heavy (non-hydrogen) atoms. The van der Waals surface area contributed by atoms with Crippen LogP contribution in [0.2, 0.25) is 0 Å². The van der Waals surface area contributed by atoms with Gasteiger partial charge in [-0.3, -0.25) is 0 Å². The predicted molar refractivity (Wildman–Crippen MR) is 56.2 cm³/mol. The van der Waals surface area contributed by atoms with E-state index in [9.17, 15) is 9.59 Å². The maximum absolute atomic E-state index is 10.8. The van der Waals surface area contributed by atoms with Gasteiger partial charge in [-0.1, -0.05) is 12.1 Å². The van der Waals surface area contributed by atoms with Crippen molar-refractivity contribution in [3.05, 3.63) is 35.9 Å². The maximum Gasteiger partial charge on any atom is 0.336 e. The minimum atomic E-state index is -1.30. The van der Waals surface area contributed by atoms with Gasteiger partial charge in [0, 0.05) is 6.08 Å². The summed E-state index contributed by atoms with van der Waals surface area (Å²) in [5.41, 5.74) is 0.0471. The van der Waals surface area contributed by atoms with E-state index in [1.807, 2.05) is 0 Å². The fourth-order valence-corrected chi connectivity index (χ4v) is 1.16. The zero-order chi connectivity index (χ0) is 12.1. The molecule has 0 aliphatic carbocycles. The fourth-order valence-electron chi connectivity index (χ4n) is 1.16. The lowest BCUT2D eigenvalue weighted by Crippen LogP contribution is -2.03. The van der Waals surface area contributed by atoms with Crippen LogP contribution in [-0.4, -0.2) is 29.3 Å². The highest BCUT2D eigenvalue weighted by Crippen LogP contribution is 2.18. The molecule has 5 heteroatoms. The van der Waals surface area contributed by atoms with E-state index in [4.69, 9.17) is 14.9 Å². The van der Waals surface area contributed by atoms with E-state index >= 15 is 0 Å². The van der Waals surface area contributed by atoms with Gasteiger partial charge >= 0.3 is 11.9 Å². The highest BCUT2D eigenvalue weighted by molar-refractivity contribution is 6.19. The average Bonchev–Trinajstić information content (AvgIpc) is 2.25. The van der Waals surface area contributed by atoms with Gasteiger partial charge in [-0.2, -0.15) is 0 Å². The topological polar surface area (TPSA) is 83.8 Å². The number of carboxylic acids is 2. The summed E-state index contributed by atoms with van der Waals surface area (Å²) >= 11 is 0. The van der Waals surface area contributed by atoms with Crippen molar-refractivity contribution in [3.63, 3.8) is 0 Å². The summed E-state index contributed by atoms with van der Waals surface area (Å²) in [6, 6.07) is 6.10. The fraction of sp³-hybridized carbons (Fsp3) is 0.0909. The maximum atomic E-state index is 10.8. The van der Waals surface area contributed by atoms with E-state index < -0.39 is 11.9 Å². The van der Waals surface area contributed by atoms with Crippen molar-refractivity contribution in [1.82, 2.24) is 0 Å². The number of carbonyl (C=O) groups is 2. The molecule has 0 heterocycles. The average molecular weight is 222 g/mol. The Hall–Kier alpha value is -2.30. The Morgan fingerprint density at radius 1 is 1.19 bits per heavy atom. The molecule has 0 saturated carbocycles. The molecule has 5 nitrogen and oxygen atoms in total. The normalized spacial score (nSPS) is 10.9. The molecular weight excluding hydrogens is 212 g/mol. The zero-order valence-electron chi connectivity index (χ0n) is 8.51. The Morgan fingerprint density at radius 3 is 2.12 bits per heavy atom. The largest absolute Gasteiger partial charge is 0.497 e. The molecule has 0 spiro atoms. The first-order valence-electron chi connectivity index (χ1n) is 4.37. The number of methoxy groups -OCH3 is 1. The summed E-state index contributed by atoms with van der Waals surface area (Å²) in [5, 5.41) is 17.4. The van der Waals surface area contributed by atoms with Gasteiger partial charge in [-0.15, -0.1) is 0 Å². The standard InChI is InChI=1S/C11H10O5/c1-16-8-4-2-7(3-5-8)9(11(14)15)6-10(12)13/h2-6H,1H3,(H,12,13)(H,14,15)/b9-6+. The Morgan fingerprint density at radius 2 is 1.75 bits per heavy atom. The summed E-state index contributed by atoms with van der Waals surface area (Å²) in [6.45, 7) is 0. The second kappa shape index (κ2) is 4.97. The van der Waals surface area contributed by atoms with Crippen molar-refractivity contribution in [2.75, 3.05) is 7.11 Å². The van der Waals surface area contributed by atoms with Crippen LogP contribution in [0.25, 0.3) is 5.57 Å². The van der Waals surface area contributed by atoms with Crippen molar-refractivity contribution in [1.29, 1.82) is 0 Å². The lowest BCUT2D eigenvalue weighted by molar-refractivity contribution is -0.133. The van der Waals surface area contributed by atoms with E-state index in [-0.39, 0.29) is 5.57 Å². The summed E-state index contributed by atoms with van der Waals surface area (Å²) in [6.07, 6.45) is 0.657. The first kappa shape index (κ1) is 11.8. The van der Waals surface area contributed by atoms with Crippen LogP contribution in [0.3, 0.4) is 0 Å². The summed E-state index contributed by atoms with van der Waals surface area (Å²) < 4.78 is 4.91. The summed E-state index contributed by atoms with van der Waals surface area (Å²) in [4.78, 5) is 21.3. The molecule has 0 unspecified atom stereocenters. The molecule has 0 fully saturated rings. The van der Waals surface area contributed by atoms with Crippen LogP contribution >= 0.6 is 0 Å². The van der Waals surface area contributed by atoms with Gasteiger partial charge in [-0.25, -0.2) is 9.59 Å². The molecule has 84 valence electrons. The molecule has 0 amide bonds. The quantitative estimate of drug-likeness (QED) is 0.749. The lowest BCUT2D eigenvalue weighted by Gasteiger charge is -2.03. The number of carboxylic acid groups (broad SMARTS) is 2. The number of hydrogen-bond donors (Lipinski definition) is 2. The van der Waals surface area contributed by atoms with E-state index in [1.165, 1.54) is 19.2 Å². The van der Waals surface area contributed by atoms with Crippen LogP contribution in [0.1, 0.15) is 5.56 Å². The highest BCUT2D eigenvalue weighted by atomic mass is 16.5. The molecule has 0 saturated heterocycles. The molecule has 0 bridgehead atoms. The molecule has 1 aromatic carbocycles. The van der Waals surface area contributed by atoms with Crippen LogP contribution in [0.4, 0.5) is 0 Å². The van der Waals surface area contributed by atoms with Crippen molar-refractivity contribution in [2.45, 2.75) is 0 Å². The van der Waals surface area contributed by atoms with Crippen molar-refractivity contribution in [2.24, 2.45) is 0 Å². The van der Waals surface area contributed by atoms with E-state index in [0.29, 0.717) is 17.4 Å². The van der Waals surface area contributed by atoms with E-state index in [1.54, 1.807) is 12.1 Å². The first-order valence-corrected chi connectivity index (χ1v) is 4.37. The second-order valence-corrected chi connectivity index (χ2v) is 2.93. The Labute approximate surface area is 91.6 Å². The predicted octanol–water partition coefficient (Wildman–Crippen LogP) is 1.25. The number of aliphatic carboxylic acids is 2. The van der Waals surface area contributed by atoms with Crippen LogP contribution in [0.5, 0.6) is 5.75 Å². The summed E-state index contributed by atoms with van der Waals surface area (Å²) in [7, 11) is 1.49. The SMILES string of the molecule is COc1ccc(/C(=C\C(=O)O)C(=O)O)cc1. The van der Waals surface area contributed by atoms with Crippen LogP contribution in [-0.2, 0) is 9.59 Å². The molecule has 0 radical (unpaired) electrons. The summed E-state index contributed by atoms with van der Waals surface area (Å²) in [5.74, 6) is -2.01. The minimum Gasteiger partial charge on any atom is -0.497 e. The Balaban J connectivity index is 3.12. The van der Waals surface area contributed by atoms with E-state index in [2.05, 4.69) is 0 Å². The third kappa shape index (κ3) is 2.84. The number of ether oxygens (including phenoxy) is 1. The smallest absolute Gasteiger partial charge is 0.336 e. The third-order valence-electron chi connectivity index (χ3n) is 1.90. The van der Waals surface area contributed by atoms with Gasteiger partial charge < -0.3 is 14.9 Å². The second-order valence-electron chi connectivity index (χ2n) is 2.93. The molecule has 0 aromatic heterocycles. The van der Waals surface area contributed by atoms with Gasteiger partial charge in [0.1, 0.15) is 5.75 Å². The van der Waals surface area contributed by atoms with Gasteiger partial charge in [0.05, 0.1) is 12.7 Å². The molecule has 2 N–H and O–H groups in total. The van der Waals surface area contributed by atoms with Crippen molar-refractivity contribution < 1.29 is 24.5 Å². The zero-order valence-corrected chi connectivity index (χ0v) is 8.51. The number of hydrogen-bond acceptors (Lipinski definition) is 3. The van der Waals surface area contributed by atoms with E-state index in [0.717, 1.165) is 0 Å². The third-order valence-corrected chi connectivity index (χ3v) is 1.90. The van der Waals surface area contributed by atoms with Gasteiger partial charge in [0.25, 0.3) is 0 Å². The van der Waals surface area contributed by atoms with Crippen LogP contribution in [0.15, 0.2) is 30.3 Å². The van der Waals surface area contributed by atoms with Crippen LogP contribution in [0, 0.1) is 0 Å². The van der Waals surface area contributed by atoms with Gasteiger partial charge in [-0.05, 0) is 17.7 Å². The lowest BCUT2D eigenvalue weighted by atomic mass is 10.1. The van der Waals surface area contributed by atoms with Gasteiger partial charge in [0.15, 0.2) is 0 Å². The molecule has 0 atom stereocenters. The van der Waals surface area contributed by atoms with Crippen molar-refractivity contribution >= 4 is 17.5 Å². The van der Waals surface area contributed by atoms with Gasteiger partial charge in [0.2, 0.25) is 0 Å². The van der Waals surface area contributed by atoms with Crippen LogP contribution < -0.4 is 4.74 Å². The molecule has 1 aromatic rings. The Kier molecular flexibility index (Phi) is 3.66.